The highest BCUT2D eigenvalue weighted by Crippen LogP contribution is 1.87. The molecule has 56 valence electrons. The maximum absolute atomic E-state index is 5.53. The summed E-state index contributed by atoms with van der Waals surface area (Å²) in [5, 5.41) is 0. The van der Waals surface area contributed by atoms with E-state index in [0.29, 0.717) is 5.49 Å². The van der Waals surface area contributed by atoms with Crippen LogP contribution in [0.2, 0.25) is 0 Å². The molecule has 0 aromatic carbocycles. The molecule has 2 N–H and O–H groups in total. The molecule has 0 radical (unpaired) electrons. The molecule has 1 aromatic rings. The Labute approximate surface area is 65.2 Å². The molecule has 0 spiro atoms. The van der Waals surface area contributed by atoms with Crippen LogP contribution < -0.4 is 11.3 Å². The van der Waals surface area contributed by atoms with Crippen molar-refractivity contribution in [3.63, 3.8) is 0 Å². The molecule has 1 aromatic heterocycles. The Bertz CT molecular complexity index is 354. The van der Waals surface area contributed by atoms with Crippen LogP contribution in [-0.4, -0.2) is 4.68 Å². The predicted octanol–water partition coefficient (Wildman–Crippen LogP) is 0.00172. The first-order valence-corrected chi connectivity index (χ1v) is 3.18. The van der Waals surface area contributed by atoms with Crippen LogP contribution in [0.15, 0.2) is 23.3 Å². The van der Waals surface area contributed by atoms with Gasteiger partial charge < -0.3 is 5.84 Å². The Morgan fingerprint density at radius 3 is 2.91 bits per heavy atom. The second-order valence-electron chi connectivity index (χ2n) is 2.21. The lowest BCUT2D eigenvalue weighted by Crippen LogP contribution is -2.26. The van der Waals surface area contributed by atoms with E-state index in [2.05, 4.69) is 11.0 Å². The molecule has 0 aliphatic heterocycles. The highest BCUT2D eigenvalue weighted by atomic mass is 15.3. The third kappa shape index (κ3) is 1.62. The fraction of sp³-hybridized carbons (Fsp3) is 0.125. The van der Waals surface area contributed by atoms with E-state index < -0.39 is 0 Å². The first-order valence-electron chi connectivity index (χ1n) is 3.18. The fourth-order valence-corrected chi connectivity index (χ4v) is 0.782. The second-order valence-corrected chi connectivity index (χ2v) is 2.21. The smallest absolute Gasteiger partial charge is 0.161 e. The van der Waals surface area contributed by atoms with Crippen molar-refractivity contribution in [1.82, 2.24) is 4.68 Å². The summed E-state index contributed by atoms with van der Waals surface area (Å²) < 4.78 is 1.40. The number of hydrogen-bond donors (Lipinski definition) is 1. The number of terminal acetylenes is 1. The fourth-order valence-electron chi connectivity index (χ4n) is 0.782. The summed E-state index contributed by atoms with van der Waals surface area (Å²) in [7, 11) is 0. The van der Waals surface area contributed by atoms with Crippen molar-refractivity contribution < 1.29 is 0 Å². The normalized spacial score (nSPS) is 11.1. The van der Waals surface area contributed by atoms with E-state index in [9.17, 15) is 0 Å². The summed E-state index contributed by atoms with van der Waals surface area (Å²) >= 11 is 0. The van der Waals surface area contributed by atoms with Gasteiger partial charge in [0.25, 0.3) is 0 Å². The molecule has 3 nitrogen and oxygen atoms in total. The van der Waals surface area contributed by atoms with Crippen molar-refractivity contribution in [2.45, 2.75) is 6.92 Å². The maximum Gasteiger partial charge on any atom is 0.161 e. The third-order valence-electron chi connectivity index (χ3n) is 1.28. The Hall–Kier alpha value is -1.69. The molecule has 1 heterocycles. The van der Waals surface area contributed by atoms with Crippen molar-refractivity contribution in [3.05, 3.63) is 29.4 Å². The van der Waals surface area contributed by atoms with E-state index in [1.165, 1.54) is 4.68 Å². The van der Waals surface area contributed by atoms with E-state index in [1.807, 2.05) is 13.0 Å². The van der Waals surface area contributed by atoms with Crippen molar-refractivity contribution in [2.24, 2.45) is 4.99 Å². The lowest BCUT2D eigenvalue weighted by atomic mass is 10.3. The SMILES string of the molecule is C#CN=c1ccc(C)cn1N. The van der Waals surface area contributed by atoms with Crippen LogP contribution >= 0.6 is 0 Å². The first-order chi connectivity index (χ1) is 5.24. The van der Waals surface area contributed by atoms with Crippen LogP contribution in [-0.2, 0) is 0 Å². The van der Waals surface area contributed by atoms with Crippen LogP contribution in [0.4, 0.5) is 0 Å². The molecule has 0 saturated heterocycles. The quantitative estimate of drug-likeness (QED) is 0.407. The highest BCUT2D eigenvalue weighted by Gasteiger charge is 1.86. The summed E-state index contributed by atoms with van der Waals surface area (Å²) in [5.41, 5.74) is 1.65. The van der Waals surface area contributed by atoms with Gasteiger partial charge >= 0.3 is 0 Å². The Morgan fingerprint density at radius 1 is 1.64 bits per heavy atom. The number of nitrogens with two attached hydrogens (primary N) is 1. The van der Waals surface area contributed by atoms with Gasteiger partial charge in [0.1, 0.15) is 0 Å². The van der Waals surface area contributed by atoms with E-state index in [1.54, 1.807) is 12.3 Å². The number of aromatic nitrogens is 1. The number of rotatable bonds is 0. The number of pyridine rings is 1. The van der Waals surface area contributed by atoms with Crippen LogP contribution in [0.3, 0.4) is 0 Å². The summed E-state index contributed by atoms with van der Waals surface area (Å²) in [5.74, 6) is 5.53. The topological polar surface area (TPSA) is 43.3 Å². The number of nitrogens with zero attached hydrogens (tertiary/aromatic N) is 2. The molecule has 1 rings (SSSR count). The van der Waals surface area contributed by atoms with Gasteiger partial charge in [-0.25, -0.2) is 0 Å². The van der Waals surface area contributed by atoms with Gasteiger partial charge in [-0.1, -0.05) is 12.5 Å². The average molecular weight is 147 g/mol. The molecular formula is C8H9N3. The lowest BCUT2D eigenvalue weighted by Gasteiger charge is -1.98. The minimum atomic E-state index is 0.582. The molecule has 0 atom stereocenters. The molecule has 0 saturated carbocycles. The number of nitrogen functional groups attached to an aromatic ring is 1. The first kappa shape index (κ1) is 7.42. The van der Waals surface area contributed by atoms with Gasteiger partial charge in [-0.05, 0) is 18.6 Å². The van der Waals surface area contributed by atoms with Gasteiger partial charge in [0.2, 0.25) is 0 Å². The number of aryl methyl sites for hydroxylation is 1. The lowest BCUT2D eigenvalue weighted by molar-refractivity contribution is 0.896. The molecular weight excluding hydrogens is 138 g/mol. The van der Waals surface area contributed by atoms with Gasteiger partial charge in [-0.3, -0.25) is 4.68 Å². The van der Waals surface area contributed by atoms with Gasteiger partial charge in [0.15, 0.2) is 5.49 Å². The third-order valence-corrected chi connectivity index (χ3v) is 1.28. The van der Waals surface area contributed by atoms with Gasteiger partial charge in [-0.2, -0.15) is 4.99 Å². The van der Waals surface area contributed by atoms with Crippen molar-refractivity contribution >= 4 is 0 Å². The van der Waals surface area contributed by atoms with E-state index in [0.717, 1.165) is 5.56 Å². The minimum Gasteiger partial charge on any atom is -0.338 e. The zero-order valence-electron chi connectivity index (χ0n) is 6.28. The standard InChI is InChI=1S/C8H9N3/c1-3-10-8-5-4-7(2)6-11(8)9/h1,4-6H,9H2,2H3. The minimum absolute atomic E-state index is 0.582. The van der Waals surface area contributed by atoms with Crippen molar-refractivity contribution in [2.75, 3.05) is 5.84 Å². The Morgan fingerprint density at radius 2 is 2.36 bits per heavy atom. The number of hydrogen-bond acceptors (Lipinski definition) is 2. The maximum atomic E-state index is 5.53. The Balaban J connectivity index is 3.34. The van der Waals surface area contributed by atoms with Crippen LogP contribution in [0.5, 0.6) is 0 Å². The largest absolute Gasteiger partial charge is 0.338 e. The van der Waals surface area contributed by atoms with E-state index >= 15 is 0 Å². The predicted molar refractivity (Wildman–Crippen MR) is 43.7 cm³/mol. The van der Waals surface area contributed by atoms with Crippen LogP contribution in [0.25, 0.3) is 0 Å². The molecule has 11 heavy (non-hydrogen) atoms. The molecule has 0 unspecified atom stereocenters. The molecule has 0 aliphatic carbocycles. The Kier molecular flexibility index (Phi) is 1.98. The molecule has 0 fully saturated rings. The van der Waals surface area contributed by atoms with E-state index in [4.69, 9.17) is 12.3 Å². The molecule has 3 heteroatoms. The average Bonchev–Trinajstić information content (AvgIpc) is 1.95. The zero-order chi connectivity index (χ0) is 8.27. The second kappa shape index (κ2) is 2.93. The van der Waals surface area contributed by atoms with Crippen LogP contribution in [0.1, 0.15) is 5.56 Å². The zero-order valence-corrected chi connectivity index (χ0v) is 6.28. The molecule has 0 amide bonds. The summed E-state index contributed by atoms with van der Waals surface area (Å²) in [6, 6.07) is 5.84. The van der Waals surface area contributed by atoms with Gasteiger partial charge in [-0.15, -0.1) is 0 Å². The van der Waals surface area contributed by atoms with E-state index in [-0.39, 0.29) is 0 Å². The summed E-state index contributed by atoms with van der Waals surface area (Å²) in [6.45, 7) is 1.95. The van der Waals surface area contributed by atoms with Crippen molar-refractivity contribution in [3.8, 4) is 12.5 Å². The highest BCUT2D eigenvalue weighted by molar-refractivity contribution is 5.07. The van der Waals surface area contributed by atoms with Gasteiger partial charge in [0, 0.05) is 12.2 Å². The monoisotopic (exact) mass is 147 g/mol. The van der Waals surface area contributed by atoms with Crippen LogP contribution in [0, 0.1) is 19.4 Å². The molecule has 0 bridgehead atoms. The summed E-state index contributed by atoms with van der Waals surface area (Å²) in [6.07, 6.45) is 6.74. The summed E-state index contributed by atoms with van der Waals surface area (Å²) in [4.78, 5) is 3.71. The van der Waals surface area contributed by atoms with Gasteiger partial charge in [0.05, 0.1) is 0 Å². The molecule has 0 aliphatic rings. The van der Waals surface area contributed by atoms with Crippen molar-refractivity contribution in [1.29, 1.82) is 0 Å².